The zero-order valence-corrected chi connectivity index (χ0v) is 19.1. The van der Waals surface area contributed by atoms with Gasteiger partial charge in [0, 0.05) is 18.3 Å². The van der Waals surface area contributed by atoms with Crippen molar-refractivity contribution in [2.75, 3.05) is 18.5 Å². The van der Waals surface area contributed by atoms with Crippen molar-refractivity contribution in [3.63, 3.8) is 0 Å². The molecule has 1 saturated heterocycles. The quantitative estimate of drug-likeness (QED) is 0.630. The fourth-order valence-corrected chi connectivity index (χ4v) is 3.90. The summed E-state index contributed by atoms with van der Waals surface area (Å²) in [6.07, 6.45) is 2.99. The number of halogens is 2. The monoisotopic (exact) mass is 476 g/mol. The molecule has 11 heteroatoms. The Morgan fingerprint density at radius 1 is 1.32 bits per heavy atom. The zero-order chi connectivity index (χ0) is 24.5. The number of hydrogen-bond acceptors (Lipinski definition) is 6. The fourth-order valence-electron chi connectivity index (χ4n) is 3.90. The van der Waals surface area contributed by atoms with Gasteiger partial charge in [0.1, 0.15) is 17.9 Å². The number of carbonyl (C=O) groups is 2. The van der Waals surface area contributed by atoms with Gasteiger partial charge < -0.3 is 24.4 Å². The van der Waals surface area contributed by atoms with Gasteiger partial charge in [0.2, 0.25) is 5.91 Å². The number of hydrogen-bond donors (Lipinski definition) is 1. The van der Waals surface area contributed by atoms with Crippen LogP contribution in [0.5, 0.6) is 5.75 Å². The van der Waals surface area contributed by atoms with E-state index in [1.807, 2.05) is 13.8 Å². The van der Waals surface area contributed by atoms with Crippen molar-refractivity contribution >= 4 is 17.6 Å². The fraction of sp³-hybridized carbons (Fsp3) is 0.435. The average Bonchev–Trinajstić information content (AvgIpc) is 3.45. The third kappa shape index (κ3) is 5.26. The molecule has 0 spiro atoms. The van der Waals surface area contributed by atoms with E-state index in [1.165, 1.54) is 11.0 Å². The summed E-state index contributed by atoms with van der Waals surface area (Å²) in [6.45, 7) is 6.23. The van der Waals surface area contributed by atoms with Crippen LogP contribution < -0.4 is 10.1 Å². The van der Waals surface area contributed by atoms with Crippen molar-refractivity contribution in [2.45, 2.75) is 51.7 Å². The maximum atomic E-state index is 13.9. The molecule has 3 heterocycles. The minimum absolute atomic E-state index is 0.0474. The largest absolute Gasteiger partial charge is 0.453 e. The normalized spacial score (nSPS) is 20.4. The minimum atomic E-state index is -0.884. The van der Waals surface area contributed by atoms with Crippen molar-refractivity contribution in [1.29, 1.82) is 0 Å². The van der Waals surface area contributed by atoms with Gasteiger partial charge in [-0.3, -0.25) is 14.3 Å². The molecule has 1 fully saturated rings. The third-order valence-corrected chi connectivity index (χ3v) is 5.46. The van der Waals surface area contributed by atoms with E-state index in [4.69, 9.17) is 14.2 Å². The Balaban J connectivity index is 1.36. The number of para-hydroxylation sites is 1. The molecule has 1 N–H and O–H groups in total. The van der Waals surface area contributed by atoms with E-state index < -0.39 is 41.0 Å². The summed E-state index contributed by atoms with van der Waals surface area (Å²) < 4.78 is 46.0. The van der Waals surface area contributed by atoms with E-state index >= 15 is 0 Å². The first-order valence-corrected chi connectivity index (χ1v) is 10.9. The summed E-state index contributed by atoms with van der Waals surface area (Å²) in [6, 6.07) is 4.15. The lowest BCUT2D eigenvalue weighted by atomic mass is 10.2. The number of aromatic nitrogens is 2. The minimum Gasteiger partial charge on any atom is -0.453 e. The van der Waals surface area contributed by atoms with Crippen molar-refractivity contribution in [3.8, 4) is 5.75 Å². The summed E-state index contributed by atoms with van der Waals surface area (Å²) >= 11 is 0. The standard InChI is InChI=1S/C23H26F2N4O5/c1-4-18(29-12-14(10-20(29)30)33-21-16(24)6-5-7-17(21)25)22(31)26-19-8-9-28(27-19)11-15-13-32-23(2,3)34-15/h5-10,15,18H,4,11-13H2,1-3H3,(H,26,27,31). The molecule has 2 aliphatic rings. The van der Waals surface area contributed by atoms with Crippen molar-refractivity contribution in [1.82, 2.24) is 14.7 Å². The van der Waals surface area contributed by atoms with Crippen molar-refractivity contribution in [3.05, 3.63) is 53.9 Å². The molecule has 2 atom stereocenters. The van der Waals surface area contributed by atoms with Crippen LogP contribution >= 0.6 is 0 Å². The molecule has 182 valence electrons. The smallest absolute Gasteiger partial charge is 0.251 e. The molecule has 2 amide bonds. The van der Waals surface area contributed by atoms with Gasteiger partial charge in [-0.25, -0.2) is 8.78 Å². The van der Waals surface area contributed by atoms with E-state index in [9.17, 15) is 18.4 Å². The maximum absolute atomic E-state index is 13.9. The second kappa shape index (κ2) is 9.51. The Bertz CT molecular complexity index is 1100. The topological polar surface area (TPSA) is 94.9 Å². The van der Waals surface area contributed by atoms with Gasteiger partial charge in [0.05, 0.1) is 19.7 Å². The lowest BCUT2D eigenvalue weighted by Gasteiger charge is -2.25. The van der Waals surface area contributed by atoms with E-state index in [2.05, 4.69) is 10.4 Å². The Morgan fingerprint density at radius 2 is 2.06 bits per heavy atom. The summed E-state index contributed by atoms with van der Waals surface area (Å²) in [7, 11) is 0. The van der Waals surface area contributed by atoms with Gasteiger partial charge in [0.15, 0.2) is 29.0 Å². The number of carbonyl (C=O) groups excluding carboxylic acids is 2. The van der Waals surface area contributed by atoms with Crippen LogP contribution in [0.4, 0.5) is 14.6 Å². The lowest BCUT2D eigenvalue weighted by Crippen LogP contribution is -2.45. The first-order chi connectivity index (χ1) is 16.1. The average molecular weight is 476 g/mol. The molecule has 2 unspecified atom stereocenters. The van der Waals surface area contributed by atoms with Gasteiger partial charge in [-0.05, 0) is 32.4 Å². The van der Waals surface area contributed by atoms with Gasteiger partial charge in [0.25, 0.3) is 5.91 Å². The molecule has 1 aromatic heterocycles. The molecule has 0 saturated carbocycles. The van der Waals surface area contributed by atoms with Crippen LogP contribution in [0.15, 0.2) is 42.3 Å². The van der Waals surface area contributed by atoms with Crippen molar-refractivity contribution in [2.24, 2.45) is 0 Å². The molecule has 0 aliphatic carbocycles. The first kappa shape index (κ1) is 23.8. The summed E-state index contributed by atoms with van der Waals surface area (Å²) in [5.41, 5.74) is 0. The maximum Gasteiger partial charge on any atom is 0.251 e. The van der Waals surface area contributed by atoms with Gasteiger partial charge in [-0.2, -0.15) is 5.10 Å². The number of amides is 2. The molecule has 9 nitrogen and oxygen atoms in total. The predicted molar refractivity (Wildman–Crippen MR) is 117 cm³/mol. The van der Waals surface area contributed by atoms with Gasteiger partial charge in [-0.15, -0.1) is 0 Å². The van der Waals surface area contributed by atoms with Crippen LogP contribution in [0.1, 0.15) is 27.2 Å². The Kier molecular flexibility index (Phi) is 6.67. The van der Waals surface area contributed by atoms with Crippen LogP contribution in [-0.4, -0.2) is 57.6 Å². The van der Waals surface area contributed by atoms with Crippen LogP contribution in [0.2, 0.25) is 0 Å². The second-order valence-electron chi connectivity index (χ2n) is 8.52. The number of ether oxygens (including phenoxy) is 3. The number of rotatable bonds is 8. The second-order valence-corrected chi connectivity index (χ2v) is 8.52. The van der Waals surface area contributed by atoms with Crippen LogP contribution in [0.25, 0.3) is 0 Å². The van der Waals surface area contributed by atoms with Crippen LogP contribution in [0, 0.1) is 11.6 Å². The highest BCUT2D eigenvalue weighted by Gasteiger charge is 2.35. The first-order valence-electron chi connectivity index (χ1n) is 10.9. The van der Waals surface area contributed by atoms with E-state index in [-0.39, 0.29) is 18.4 Å². The molecule has 1 aromatic carbocycles. The highest BCUT2D eigenvalue weighted by molar-refractivity contribution is 5.99. The molecule has 0 radical (unpaired) electrons. The Hall–Kier alpha value is -3.31. The number of benzene rings is 1. The van der Waals surface area contributed by atoms with E-state index in [0.29, 0.717) is 25.4 Å². The molecular formula is C23H26F2N4O5. The zero-order valence-electron chi connectivity index (χ0n) is 19.1. The Labute approximate surface area is 195 Å². The predicted octanol–water partition coefficient (Wildman–Crippen LogP) is 2.84. The van der Waals surface area contributed by atoms with Crippen molar-refractivity contribution < 1.29 is 32.6 Å². The van der Waals surface area contributed by atoms with Crippen LogP contribution in [-0.2, 0) is 25.6 Å². The van der Waals surface area contributed by atoms with E-state index in [1.54, 1.807) is 23.9 Å². The highest BCUT2D eigenvalue weighted by atomic mass is 19.1. The van der Waals surface area contributed by atoms with E-state index in [0.717, 1.165) is 18.2 Å². The Morgan fingerprint density at radius 3 is 2.71 bits per heavy atom. The molecule has 34 heavy (non-hydrogen) atoms. The highest BCUT2D eigenvalue weighted by Crippen LogP contribution is 2.26. The van der Waals surface area contributed by atoms with Gasteiger partial charge >= 0.3 is 0 Å². The molecular weight excluding hydrogens is 450 g/mol. The summed E-state index contributed by atoms with van der Waals surface area (Å²) in [5, 5.41) is 7.05. The molecule has 2 aliphatic heterocycles. The van der Waals surface area contributed by atoms with Crippen LogP contribution in [0.3, 0.4) is 0 Å². The number of nitrogens with zero attached hydrogens (tertiary/aromatic N) is 3. The SMILES string of the molecule is CCC(C(=O)Nc1ccn(CC2COC(C)(C)O2)n1)N1CC(Oc2c(F)cccc2F)=CC1=O. The number of nitrogens with one attached hydrogen (secondary N) is 1. The summed E-state index contributed by atoms with van der Waals surface area (Å²) in [5.74, 6) is -3.55. The molecule has 0 bridgehead atoms. The lowest BCUT2D eigenvalue weighted by molar-refractivity contribution is -0.139. The number of anilines is 1. The van der Waals surface area contributed by atoms with Gasteiger partial charge in [-0.1, -0.05) is 13.0 Å². The third-order valence-electron chi connectivity index (χ3n) is 5.46. The summed E-state index contributed by atoms with van der Waals surface area (Å²) in [4.78, 5) is 26.7. The molecule has 4 rings (SSSR count). The molecule has 2 aromatic rings.